The number of hydrogen-bond acceptors (Lipinski definition) is 4. The van der Waals surface area contributed by atoms with Gasteiger partial charge in [0.05, 0.1) is 13.2 Å². The van der Waals surface area contributed by atoms with Gasteiger partial charge in [0.1, 0.15) is 11.9 Å². The first-order chi connectivity index (χ1) is 9.69. The highest BCUT2D eigenvalue weighted by molar-refractivity contribution is 5.44. The van der Waals surface area contributed by atoms with Crippen LogP contribution >= 0.6 is 0 Å². The Morgan fingerprint density at radius 1 is 1.20 bits per heavy atom. The van der Waals surface area contributed by atoms with Gasteiger partial charge in [0.2, 0.25) is 0 Å². The molecule has 2 atom stereocenters. The molecule has 1 aliphatic rings. The highest BCUT2D eigenvalue weighted by Crippen LogP contribution is 2.41. The molecule has 0 aromatic heterocycles. The number of phenolic OH excluding ortho intramolecular Hbond substituents is 1. The van der Waals surface area contributed by atoms with Crippen molar-refractivity contribution >= 4 is 0 Å². The van der Waals surface area contributed by atoms with Gasteiger partial charge in [-0.1, -0.05) is 24.3 Å². The van der Waals surface area contributed by atoms with Crippen molar-refractivity contribution in [3.63, 3.8) is 0 Å². The van der Waals surface area contributed by atoms with Crippen LogP contribution in [0.5, 0.6) is 17.2 Å². The highest BCUT2D eigenvalue weighted by atomic mass is 16.5. The standard InChI is InChI=1S/C16H16O4/c1-19-15-7-6-10(8-13(15)18)16-9-12(17)11-4-2-3-5-14(11)20-16/h2-8,12,16-18H,9H2,1H3/t12-,16?/m0/s1. The van der Waals surface area contributed by atoms with E-state index in [1.807, 2.05) is 30.3 Å². The van der Waals surface area contributed by atoms with Crippen LogP contribution in [0, 0.1) is 0 Å². The summed E-state index contributed by atoms with van der Waals surface area (Å²) >= 11 is 0. The van der Waals surface area contributed by atoms with Crippen LogP contribution in [-0.2, 0) is 0 Å². The van der Waals surface area contributed by atoms with E-state index in [1.165, 1.54) is 7.11 Å². The summed E-state index contributed by atoms with van der Waals surface area (Å²) in [6.07, 6.45) is -0.381. The molecule has 2 aromatic carbocycles. The molecule has 104 valence electrons. The second-order valence-corrected chi connectivity index (χ2v) is 4.83. The van der Waals surface area contributed by atoms with E-state index in [0.29, 0.717) is 17.9 Å². The molecule has 0 aliphatic carbocycles. The number of benzene rings is 2. The molecule has 4 nitrogen and oxygen atoms in total. The van der Waals surface area contributed by atoms with Gasteiger partial charge >= 0.3 is 0 Å². The Labute approximate surface area is 117 Å². The quantitative estimate of drug-likeness (QED) is 0.882. The molecule has 3 rings (SSSR count). The third-order valence-electron chi connectivity index (χ3n) is 3.56. The fourth-order valence-corrected chi connectivity index (χ4v) is 2.51. The summed E-state index contributed by atoms with van der Waals surface area (Å²) in [6.45, 7) is 0. The first kappa shape index (κ1) is 12.8. The molecule has 1 heterocycles. The zero-order valence-corrected chi connectivity index (χ0v) is 11.1. The summed E-state index contributed by atoms with van der Waals surface area (Å²) in [6, 6.07) is 12.6. The van der Waals surface area contributed by atoms with Crippen LogP contribution in [0.2, 0.25) is 0 Å². The minimum absolute atomic E-state index is 0.0712. The van der Waals surface area contributed by atoms with Gasteiger partial charge in [-0.15, -0.1) is 0 Å². The second-order valence-electron chi connectivity index (χ2n) is 4.83. The molecule has 0 amide bonds. The lowest BCUT2D eigenvalue weighted by molar-refractivity contribution is 0.0656. The summed E-state index contributed by atoms with van der Waals surface area (Å²) in [5, 5.41) is 20.0. The molecule has 0 bridgehead atoms. The molecule has 4 heteroatoms. The summed E-state index contributed by atoms with van der Waals surface area (Å²) < 4.78 is 10.9. The van der Waals surface area contributed by atoms with Gasteiger partial charge < -0.3 is 19.7 Å². The summed E-state index contributed by atoms with van der Waals surface area (Å²) in [7, 11) is 1.51. The minimum Gasteiger partial charge on any atom is -0.504 e. The highest BCUT2D eigenvalue weighted by Gasteiger charge is 2.28. The number of phenols is 1. The average Bonchev–Trinajstić information content (AvgIpc) is 2.47. The monoisotopic (exact) mass is 272 g/mol. The fourth-order valence-electron chi connectivity index (χ4n) is 2.51. The van der Waals surface area contributed by atoms with Crippen molar-refractivity contribution in [2.75, 3.05) is 7.11 Å². The number of aliphatic hydroxyl groups excluding tert-OH is 1. The smallest absolute Gasteiger partial charge is 0.160 e. The third-order valence-corrected chi connectivity index (χ3v) is 3.56. The van der Waals surface area contributed by atoms with Crippen LogP contribution in [0.3, 0.4) is 0 Å². The second kappa shape index (κ2) is 5.06. The van der Waals surface area contributed by atoms with Gasteiger partial charge in [-0.05, 0) is 23.8 Å². The van der Waals surface area contributed by atoms with E-state index < -0.39 is 6.10 Å². The molecule has 2 N–H and O–H groups in total. The molecule has 0 spiro atoms. The number of para-hydroxylation sites is 1. The Bertz CT molecular complexity index is 624. The van der Waals surface area contributed by atoms with Crippen molar-refractivity contribution < 1.29 is 19.7 Å². The molecular formula is C16H16O4. The zero-order chi connectivity index (χ0) is 14.1. The first-order valence-electron chi connectivity index (χ1n) is 6.49. The Balaban J connectivity index is 1.91. The predicted molar refractivity (Wildman–Crippen MR) is 74.0 cm³/mol. The van der Waals surface area contributed by atoms with Crippen molar-refractivity contribution in [1.29, 1.82) is 0 Å². The summed E-state index contributed by atoms with van der Waals surface area (Å²) in [5.41, 5.74) is 1.62. The van der Waals surface area contributed by atoms with Crippen molar-refractivity contribution in [3.05, 3.63) is 53.6 Å². The molecule has 2 aromatic rings. The fraction of sp³-hybridized carbons (Fsp3) is 0.250. The van der Waals surface area contributed by atoms with Crippen molar-refractivity contribution in [1.82, 2.24) is 0 Å². The number of aromatic hydroxyl groups is 1. The molecule has 0 radical (unpaired) electrons. The molecule has 1 unspecified atom stereocenters. The van der Waals surface area contributed by atoms with E-state index in [0.717, 1.165) is 11.1 Å². The summed E-state index contributed by atoms with van der Waals surface area (Å²) in [5.74, 6) is 1.18. The Hall–Kier alpha value is -2.20. The number of aliphatic hydroxyl groups is 1. The van der Waals surface area contributed by atoms with Crippen LogP contribution in [0.15, 0.2) is 42.5 Å². The minimum atomic E-state index is -0.561. The SMILES string of the molecule is COc1ccc(C2C[C@H](O)c3ccccc3O2)cc1O. The molecule has 0 fully saturated rings. The Morgan fingerprint density at radius 3 is 2.75 bits per heavy atom. The average molecular weight is 272 g/mol. The van der Waals surface area contributed by atoms with Gasteiger partial charge in [0.25, 0.3) is 0 Å². The molecule has 0 saturated carbocycles. The predicted octanol–water partition coefficient (Wildman–Crippen LogP) is 2.96. The van der Waals surface area contributed by atoms with Crippen LogP contribution in [0.1, 0.15) is 29.8 Å². The van der Waals surface area contributed by atoms with Gasteiger partial charge in [-0.25, -0.2) is 0 Å². The van der Waals surface area contributed by atoms with Crippen LogP contribution < -0.4 is 9.47 Å². The van der Waals surface area contributed by atoms with Gasteiger partial charge in [0, 0.05) is 12.0 Å². The van der Waals surface area contributed by atoms with Crippen LogP contribution in [-0.4, -0.2) is 17.3 Å². The lowest BCUT2D eigenvalue weighted by Crippen LogP contribution is -2.18. The molecule has 20 heavy (non-hydrogen) atoms. The first-order valence-corrected chi connectivity index (χ1v) is 6.49. The van der Waals surface area contributed by atoms with E-state index in [4.69, 9.17) is 9.47 Å². The lowest BCUT2D eigenvalue weighted by atomic mass is 9.95. The number of methoxy groups -OCH3 is 1. The molecule has 0 saturated heterocycles. The third kappa shape index (κ3) is 2.18. The maximum absolute atomic E-state index is 10.2. The lowest BCUT2D eigenvalue weighted by Gasteiger charge is -2.30. The number of rotatable bonds is 2. The van der Waals surface area contributed by atoms with E-state index in [9.17, 15) is 10.2 Å². The van der Waals surface area contributed by atoms with E-state index >= 15 is 0 Å². The topological polar surface area (TPSA) is 58.9 Å². The number of ether oxygens (including phenoxy) is 2. The maximum atomic E-state index is 10.2. The normalized spacial score (nSPS) is 20.9. The van der Waals surface area contributed by atoms with Crippen LogP contribution in [0.25, 0.3) is 0 Å². The van der Waals surface area contributed by atoms with E-state index in [2.05, 4.69) is 0 Å². The molecule has 1 aliphatic heterocycles. The maximum Gasteiger partial charge on any atom is 0.160 e. The largest absolute Gasteiger partial charge is 0.504 e. The van der Waals surface area contributed by atoms with Crippen molar-refractivity contribution in [2.24, 2.45) is 0 Å². The van der Waals surface area contributed by atoms with Crippen LogP contribution in [0.4, 0.5) is 0 Å². The zero-order valence-electron chi connectivity index (χ0n) is 11.1. The van der Waals surface area contributed by atoms with Gasteiger partial charge in [-0.3, -0.25) is 0 Å². The van der Waals surface area contributed by atoms with E-state index in [-0.39, 0.29) is 11.9 Å². The Morgan fingerprint density at radius 2 is 2.00 bits per heavy atom. The van der Waals surface area contributed by atoms with Gasteiger partial charge in [0.15, 0.2) is 11.5 Å². The Kier molecular flexibility index (Phi) is 3.24. The van der Waals surface area contributed by atoms with E-state index in [1.54, 1.807) is 12.1 Å². The summed E-state index contributed by atoms with van der Waals surface area (Å²) in [4.78, 5) is 0. The van der Waals surface area contributed by atoms with Gasteiger partial charge in [-0.2, -0.15) is 0 Å². The molecular weight excluding hydrogens is 256 g/mol. The van der Waals surface area contributed by atoms with Crippen molar-refractivity contribution in [3.8, 4) is 17.2 Å². The number of hydrogen-bond donors (Lipinski definition) is 2. The number of fused-ring (bicyclic) bond motifs is 1. The van der Waals surface area contributed by atoms with Crippen molar-refractivity contribution in [2.45, 2.75) is 18.6 Å².